The summed E-state index contributed by atoms with van der Waals surface area (Å²) in [6.07, 6.45) is -0.990. The molecule has 1 unspecified atom stereocenters. The maximum atomic E-state index is 12.5. The van der Waals surface area contributed by atoms with Crippen molar-refractivity contribution in [1.82, 2.24) is 0 Å². The van der Waals surface area contributed by atoms with Crippen LogP contribution in [0.1, 0.15) is 22.8 Å². The van der Waals surface area contributed by atoms with Gasteiger partial charge in [-0.1, -0.05) is 48.5 Å². The number of rotatable bonds is 8. The molecule has 1 atom stereocenters. The molecule has 3 aromatic rings. The van der Waals surface area contributed by atoms with Gasteiger partial charge in [-0.15, -0.1) is 0 Å². The van der Waals surface area contributed by atoms with Crippen molar-refractivity contribution in [1.29, 1.82) is 0 Å². The van der Waals surface area contributed by atoms with Crippen molar-refractivity contribution in [3.05, 3.63) is 90.0 Å². The Hall–Kier alpha value is -3.80. The number of nitrogens with one attached hydrogen (secondary N) is 1. The number of anilines is 1. The Kier molecular flexibility index (Phi) is 7.05. The van der Waals surface area contributed by atoms with E-state index in [4.69, 9.17) is 14.2 Å². The molecule has 0 radical (unpaired) electrons. The Bertz CT molecular complexity index is 1000. The number of ether oxygens (including phenoxy) is 3. The second kappa shape index (κ2) is 10.1. The number of methoxy groups -OCH3 is 1. The Morgan fingerprint density at radius 1 is 0.933 bits per heavy atom. The standard InChI is InChI=1S/C24H23NO5/c1-17(23(26)25-21-13-6-7-14-22(21)28-2)30-24(27)19-11-8-12-20(15-19)29-16-18-9-4-3-5-10-18/h3-15,17H,16H2,1-2H3,(H,25,26). The molecular weight excluding hydrogens is 382 g/mol. The lowest BCUT2D eigenvalue weighted by Crippen LogP contribution is -2.30. The van der Waals surface area contributed by atoms with E-state index in [0.717, 1.165) is 5.56 Å². The van der Waals surface area contributed by atoms with Gasteiger partial charge >= 0.3 is 5.97 Å². The van der Waals surface area contributed by atoms with Crippen LogP contribution in [-0.4, -0.2) is 25.1 Å². The first kappa shape index (κ1) is 20.9. The summed E-state index contributed by atoms with van der Waals surface area (Å²) < 4.78 is 16.3. The van der Waals surface area contributed by atoms with E-state index >= 15 is 0 Å². The third-order valence-electron chi connectivity index (χ3n) is 4.34. The number of hydrogen-bond donors (Lipinski definition) is 1. The van der Waals surface area contributed by atoms with Crippen LogP contribution in [0.3, 0.4) is 0 Å². The molecule has 1 amide bonds. The van der Waals surface area contributed by atoms with E-state index in [1.54, 1.807) is 48.5 Å². The van der Waals surface area contributed by atoms with Crippen LogP contribution in [0.2, 0.25) is 0 Å². The zero-order valence-corrected chi connectivity index (χ0v) is 16.8. The fraction of sp³-hybridized carbons (Fsp3) is 0.167. The van der Waals surface area contributed by atoms with E-state index in [1.807, 2.05) is 30.3 Å². The molecule has 0 aliphatic rings. The number of esters is 1. The molecule has 0 spiro atoms. The molecule has 6 nitrogen and oxygen atoms in total. The Balaban J connectivity index is 1.59. The van der Waals surface area contributed by atoms with Gasteiger partial charge in [0.1, 0.15) is 18.1 Å². The van der Waals surface area contributed by atoms with Gasteiger partial charge in [-0.3, -0.25) is 4.79 Å². The number of amides is 1. The summed E-state index contributed by atoms with van der Waals surface area (Å²) in [6, 6.07) is 23.4. The molecule has 0 saturated heterocycles. The highest BCUT2D eigenvalue weighted by Crippen LogP contribution is 2.23. The quantitative estimate of drug-likeness (QED) is 0.560. The van der Waals surface area contributed by atoms with Crippen LogP contribution in [0.15, 0.2) is 78.9 Å². The predicted molar refractivity (Wildman–Crippen MR) is 114 cm³/mol. The summed E-state index contributed by atoms with van der Waals surface area (Å²) in [4.78, 5) is 24.9. The van der Waals surface area contributed by atoms with E-state index < -0.39 is 18.0 Å². The smallest absolute Gasteiger partial charge is 0.339 e. The number of carbonyl (C=O) groups is 2. The van der Waals surface area contributed by atoms with Gasteiger partial charge in [-0.2, -0.15) is 0 Å². The van der Waals surface area contributed by atoms with Crippen molar-refractivity contribution in [2.45, 2.75) is 19.6 Å². The van der Waals surface area contributed by atoms with Crippen molar-refractivity contribution in [2.75, 3.05) is 12.4 Å². The number of carbonyl (C=O) groups excluding carboxylic acids is 2. The Morgan fingerprint density at radius 3 is 2.43 bits per heavy atom. The van der Waals surface area contributed by atoms with Crippen LogP contribution in [0.5, 0.6) is 11.5 Å². The lowest BCUT2D eigenvalue weighted by molar-refractivity contribution is -0.123. The summed E-state index contributed by atoms with van der Waals surface area (Å²) in [5, 5.41) is 2.70. The van der Waals surface area contributed by atoms with Gasteiger partial charge < -0.3 is 19.5 Å². The largest absolute Gasteiger partial charge is 0.495 e. The Morgan fingerprint density at radius 2 is 1.67 bits per heavy atom. The third kappa shape index (κ3) is 5.61. The van der Waals surface area contributed by atoms with Gasteiger partial charge in [0.15, 0.2) is 6.10 Å². The topological polar surface area (TPSA) is 73.9 Å². The van der Waals surface area contributed by atoms with Gasteiger partial charge in [0.05, 0.1) is 18.4 Å². The van der Waals surface area contributed by atoms with E-state index in [1.165, 1.54) is 14.0 Å². The molecule has 0 bridgehead atoms. The fourth-order valence-electron chi connectivity index (χ4n) is 2.72. The first-order valence-corrected chi connectivity index (χ1v) is 9.48. The van der Waals surface area contributed by atoms with Gasteiger partial charge in [0.2, 0.25) is 0 Å². The molecule has 3 rings (SSSR count). The molecule has 1 N–H and O–H groups in total. The van der Waals surface area contributed by atoms with Crippen molar-refractivity contribution < 1.29 is 23.8 Å². The van der Waals surface area contributed by atoms with Gasteiger partial charge in [0.25, 0.3) is 5.91 Å². The second-order valence-corrected chi connectivity index (χ2v) is 6.54. The Labute approximate surface area is 175 Å². The summed E-state index contributed by atoms with van der Waals surface area (Å²) in [6.45, 7) is 1.90. The fourth-order valence-corrected chi connectivity index (χ4v) is 2.72. The minimum atomic E-state index is -0.990. The van der Waals surface area contributed by atoms with Crippen LogP contribution in [0.25, 0.3) is 0 Å². The highest BCUT2D eigenvalue weighted by atomic mass is 16.5. The lowest BCUT2D eigenvalue weighted by Gasteiger charge is -2.15. The summed E-state index contributed by atoms with van der Waals surface area (Å²) in [5.41, 5.74) is 1.83. The van der Waals surface area contributed by atoms with Crippen LogP contribution in [-0.2, 0) is 16.1 Å². The number of hydrogen-bond acceptors (Lipinski definition) is 5. The van der Waals surface area contributed by atoms with Gasteiger partial charge in [-0.05, 0) is 42.8 Å². The zero-order valence-electron chi connectivity index (χ0n) is 16.8. The molecule has 3 aromatic carbocycles. The van der Waals surface area contributed by atoms with Crippen molar-refractivity contribution >= 4 is 17.6 Å². The van der Waals surface area contributed by atoms with Crippen LogP contribution in [0.4, 0.5) is 5.69 Å². The minimum absolute atomic E-state index is 0.303. The van der Waals surface area contributed by atoms with E-state index in [0.29, 0.717) is 29.4 Å². The normalized spacial score (nSPS) is 11.3. The molecule has 6 heteroatoms. The molecule has 0 aliphatic carbocycles. The molecule has 30 heavy (non-hydrogen) atoms. The van der Waals surface area contributed by atoms with Crippen molar-refractivity contribution in [3.8, 4) is 11.5 Å². The SMILES string of the molecule is COc1ccccc1NC(=O)C(C)OC(=O)c1cccc(OCc2ccccc2)c1. The first-order valence-electron chi connectivity index (χ1n) is 9.48. The molecule has 0 heterocycles. The zero-order chi connectivity index (χ0) is 21.3. The van der Waals surface area contributed by atoms with E-state index in [-0.39, 0.29) is 0 Å². The van der Waals surface area contributed by atoms with Crippen molar-refractivity contribution in [2.24, 2.45) is 0 Å². The average molecular weight is 405 g/mol. The number of para-hydroxylation sites is 2. The minimum Gasteiger partial charge on any atom is -0.495 e. The molecule has 0 saturated carbocycles. The maximum Gasteiger partial charge on any atom is 0.339 e. The van der Waals surface area contributed by atoms with Gasteiger partial charge in [0, 0.05) is 0 Å². The molecule has 154 valence electrons. The molecule has 0 fully saturated rings. The number of benzene rings is 3. The van der Waals surface area contributed by atoms with Crippen LogP contribution >= 0.6 is 0 Å². The monoisotopic (exact) mass is 405 g/mol. The van der Waals surface area contributed by atoms with Crippen molar-refractivity contribution in [3.63, 3.8) is 0 Å². The summed E-state index contributed by atoms with van der Waals surface area (Å²) >= 11 is 0. The molecular formula is C24H23NO5. The second-order valence-electron chi connectivity index (χ2n) is 6.54. The predicted octanol–water partition coefficient (Wildman–Crippen LogP) is 4.46. The van der Waals surface area contributed by atoms with Gasteiger partial charge in [-0.25, -0.2) is 4.79 Å². The average Bonchev–Trinajstić information content (AvgIpc) is 2.79. The summed E-state index contributed by atoms with van der Waals surface area (Å²) in [5.74, 6) is -0.000702. The maximum absolute atomic E-state index is 12.5. The first-order chi connectivity index (χ1) is 14.6. The third-order valence-corrected chi connectivity index (χ3v) is 4.34. The molecule has 0 aliphatic heterocycles. The van der Waals surface area contributed by atoms with Crippen LogP contribution < -0.4 is 14.8 Å². The molecule has 0 aromatic heterocycles. The van der Waals surface area contributed by atoms with E-state index in [2.05, 4.69) is 5.32 Å². The lowest BCUT2D eigenvalue weighted by atomic mass is 10.2. The van der Waals surface area contributed by atoms with E-state index in [9.17, 15) is 9.59 Å². The highest BCUT2D eigenvalue weighted by Gasteiger charge is 2.20. The summed E-state index contributed by atoms with van der Waals surface area (Å²) in [7, 11) is 1.52. The van der Waals surface area contributed by atoms with Crippen LogP contribution in [0, 0.1) is 0 Å². The highest BCUT2D eigenvalue weighted by molar-refractivity contribution is 5.98.